The minimum atomic E-state index is 0.0132. The number of aliphatic hydroxyl groups excluding tert-OH is 1. The Hall–Kier alpha value is -1.13. The van der Waals surface area contributed by atoms with Crippen LogP contribution in [0.1, 0.15) is 49.4 Å². The number of nitrogens with zero attached hydrogens (tertiary/aromatic N) is 2. The highest BCUT2D eigenvalue weighted by molar-refractivity contribution is 5.17. The van der Waals surface area contributed by atoms with E-state index in [1.54, 1.807) is 0 Å². The van der Waals surface area contributed by atoms with Crippen LogP contribution in [-0.2, 0) is 6.54 Å². The van der Waals surface area contributed by atoms with Crippen molar-refractivity contribution in [1.29, 1.82) is 0 Å². The topological polar surface area (TPSA) is 52.1 Å². The first-order chi connectivity index (χ1) is 9.74. The molecule has 2 aliphatic rings. The van der Waals surface area contributed by atoms with E-state index in [-0.39, 0.29) is 12.0 Å². The van der Waals surface area contributed by atoms with Gasteiger partial charge in [0.05, 0.1) is 12.3 Å². The Bertz CT molecular complexity index is 466. The van der Waals surface area contributed by atoms with Crippen LogP contribution in [0.25, 0.3) is 0 Å². The number of nitrogens with one attached hydrogen (secondary N) is 1. The van der Waals surface area contributed by atoms with Gasteiger partial charge < -0.3 is 5.11 Å². The lowest BCUT2D eigenvalue weighted by Gasteiger charge is -2.41. The molecule has 1 saturated carbocycles. The number of allylic oxidation sites excluding steroid dienone is 1. The lowest BCUT2D eigenvalue weighted by atomic mass is 9.78. The number of aliphatic hydroxyl groups is 1. The van der Waals surface area contributed by atoms with Gasteiger partial charge in [0.2, 0.25) is 0 Å². The molecule has 0 radical (unpaired) electrons. The average Bonchev–Trinajstić information content (AvgIpc) is 3.20. The van der Waals surface area contributed by atoms with Crippen molar-refractivity contribution in [3.05, 3.63) is 30.1 Å². The molecule has 0 amide bonds. The summed E-state index contributed by atoms with van der Waals surface area (Å²) in [5.41, 5.74) is 2.45. The zero-order valence-electron chi connectivity index (χ0n) is 12.1. The van der Waals surface area contributed by atoms with Crippen molar-refractivity contribution < 1.29 is 5.11 Å². The van der Waals surface area contributed by atoms with E-state index in [0.717, 1.165) is 38.9 Å². The average molecular weight is 275 g/mol. The minimum absolute atomic E-state index is 0.0132. The van der Waals surface area contributed by atoms with Crippen LogP contribution in [0.4, 0.5) is 0 Å². The third-order valence-corrected chi connectivity index (χ3v) is 4.69. The summed E-state index contributed by atoms with van der Waals surface area (Å²) in [6.45, 7) is 7.07. The van der Waals surface area contributed by atoms with Crippen molar-refractivity contribution in [3.8, 4) is 0 Å². The van der Waals surface area contributed by atoms with Gasteiger partial charge in [0.15, 0.2) is 0 Å². The summed E-state index contributed by atoms with van der Waals surface area (Å²) in [4.78, 5) is 2.44. The molecule has 1 aromatic rings. The van der Waals surface area contributed by atoms with E-state index in [0.29, 0.717) is 5.92 Å². The largest absolute Gasteiger partial charge is 0.396 e. The molecular formula is C16H25N3O. The van der Waals surface area contributed by atoms with E-state index >= 15 is 0 Å². The molecule has 0 bridgehead atoms. The Labute approximate surface area is 120 Å². The number of rotatable bonds is 6. The molecule has 0 aromatic carbocycles. The summed E-state index contributed by atoms with van der Waals surface area (Å²) in [5.74, 6) is 0.707. The highest BCUT2D eigenvalue weighted by Gasteiger charge is 2.34. The molecule has 2 N–H and O–H groups in total. The molecule has 1 atom stereocenters. The number of aromatic amines is 1. The highest BCUT2D eigenvalue weighted by atomic mass is 16.3. The standard InChI is InChI=1S/C16H25N3O/c1-2-6-16(12-20)7-3-8-19(11-16)10-14-9-15(18-17-14)13-4-5-13/h2,9,13,20H,1,3-8,10-12H2,(H,17,18)/t16-/m0/s1. The van der Waals surface area contributed by atoms with Crippen LogP contribution in [0.15, 0.2) is 18.7 Å². The van der Waals surface area contributed by atoms with Crippen molar-refractivity contribution in [1.82, 2.24) is 15.1 Å². The highest BCUT2D eigenvalue weighted by Crippen LogP contribution is 2.39. The fraction of sp³-hybridized carbons (Fsp3) is 0.688. The van der Waals surface area contributed by atoms with Crippen molar-refractivity contribution in [2.45, 2.75) is 44.6 Å². The van der Waals surface area contributed by atoms with Gasteiger partial charge >= 0.3 is 0 Å². The number of H-pyrrole nitrogens is 1. The Morgan fingerprint density at radius 2 is 2.40 bits per heavy atom. The molecule has 1 saturated heterocycles. The summed E-state index contributed by atoms with van der Waals surface area (Å²) < 4.78 is 0. The van der Waals surface area contributed by atoms with Crippen LogP contribution >= 0.6 is 0 Å². The summed E-state index contributed by atoms with van der Waals surface area (Å²) in [6.07, 6.45) is 7.68. The summed E-state index contributed by atoms with van der Waals surface area (Å²) in [7, 11) is 0. The lowest BCUT2D eigenvalue weighted by molar-refractivity contribution is 0.0304. The molecular weight excluding hydrogens is 250 g/mol. The Morgan fingerprint density at radius 3 is 3.10 bits per heavy atom. The van der Waals surface area contributed by atoms with E-state index in [9.17, 15) is 5.11 Å². The van der Waals surface area contributed by atoms with Crippen molar-refractivity contribution in [3.63, 3.8) is 0 Å². The predicted molar refractivity (Wildman–Crippen MR) is 79.4 cm³/mol. The van der Waals surface area contributed by atoms with Crippen LogP contribution in [-0.4, -0.2) is 39.9 Å². The van der Waals surface area contributed by atoms with Gasteiger partial charge in [-0.1, -0.05) is 6.08 Å². The molecule has 4 heteroatoms. The maximum atomic E-state index is 9.75. The first kappa shape index (κ1) is 13.8. The van der Waals surface area contributed by atoms with Gasteiger partial charge in [0.1, 0.15) is 0 Å². The second kappa shape index (κ2) is 5.70. The van der Waals surface area contributed by atoms with E-state index in [4.69, 9.17) is 0 Å². The second-order valence-electron chi connectivity index (χ2n) is 6.56. The zero-order valence-corrected chi connectivity index (χ0v) is 12.1. The van der Waals surface area contributed by atoms with Crippen molar-refractivity contribution in [2.75, 3.05) is 19.7 Å². The maximum Gasteiger partial charge on any atom is 0.0656 e. The fourth-order valence-corrected chi connectivity index (χ4v) is 3.40. The van der Waals surface area contributed by atoms with E-state index in [1.807, 2.05) is 6.08 Å². The summed E-state index contributed by atoms with van der Waals surface area (Å²) >= 11 is 0. The molecule has 0 spiro atoms. The van der Waals surface area contributed by atoms with Gasteiger partial charge in [-0.15, -0.1) is 6.58 Å². The van der Waals surface area contributed by atoms with E-state index in [2.05, 4.69) is 27.7 Å². The van der Waals surface area contributed by atoms with Gasteiger partial charge in [0.25, 0.3) is 0 Å². The first-order valence-corrected chi connectivity index (χ1v) is 7.73. The molecule has 20 heavy (non-hydrogen) atoms. The predicted octanol–water partition coefficient (Wildman–Crippen LogP) is 2.44. The van der Waals surface area contributed by atoms with Gasteiger partial charge in [-0.2, -0.15) is 5.10 Å². The van der Waals surface area contributed by atoms with Crippen LogP contribution in [0, 0.1) is 5.41 Å². The lowest BCUT2D eigenvalue weighted by Crippen LogP contribution is -2.44. The molecule has 0 unspecified atom stereocenters. The van der Waals surface area contributed by atoms with Gasteiger partial charge in [0, 0.05) is 30.1 Å². The second-order valence-corrected chi connectivity index (χ2v) is 6.56. The molecule has 3 rings (SSSR count). The quantitative estimate of drug-likeness (QED) is 0.784. The number of aromatic nitrogens is 2. The summed E-state index contributed by atoms with van der Waals surface area (Å²) in [6, 6.07) is 2.22. The Morgan fingerprint density at radius 1 is 1.55 bits per heavy atom. The normalized spacial score (nSPS) is 27.6. The van der Waals surface area contributed by atoms with E-state index < -0.39 is 0 Å². The van der Waals surface area contributed by atoms with Gasteiger partial charge in [-0.05, 0) is 44.7 Å². The number of hydrogen-bond acceptors (Lipinski definition) is 3. The van der Waals surface area contributed by atoms with Crippen molar-refractivity contribution >= 4 is 0 Å². The molecule has 1 aliphatic heterocycles. The molecule has 1 aromatic heterocycles. The molecule has 2 fully saturated rings. The van der Waals surface area contributed by atoms with E-state index in [1.165, 1.54) is 24.2 Å². The first-order valence-electron chi connectivity index (χ1n) is 7.73. The number of hydrogen-bond donors (Lipinski definition) is 2. The molecule has 110 valence electrons. The van der Waals surface area contributed by atoms with Gasteiger partial charge in [-0.3, -0.25) is 10.00 Å². The zero-order chi connectivity index (χ0) is 14.0. The number of piperidine rings is 1. The number of likely N-dealkylation sites (tertiary alicyclic amines) is 1. The van der Waals surface area contributed by atoms with Crippen LogP contribution in [0.3, 0.4) is 0 Å². The van der Waals surface area contributed by atoms with Crippen LogP contribution in [0.2, 0.25) is 0 Å². The minimum Gasteiger partial charge on any atom is -0.396 e. The summed E-state index contributed by atoms with van der Waals surface area (Å²) in [5, 5.41) is 17.3. The third kappa shape index (κ3) is 2.96. The van der Waals surface area contributed by atoms with Crippen LogP contribution in [0.5, 0.6) is 0 Å². The van der Waals surface area contributed by atoms with Gasteiger partial charge in [-0.25, -0.2) is 0 Å². The van der Waals surface area contributed by atoms with Crippen LogP contribution < -0.4 is 0 Å². The fourth-order valence-electron chi connectivity index (χ4n) is 3.40. The smallest absolute Gasteiger partial charge is 0.0656 e. The SMILES string of the molecule is C=CC[C@]1(CO)CCCN(Cc2cc(C3CC3)n[nH]2)C1. The Balaban J connectivity index is 1.62. The van der Waals surface area contributed by atoms with Crippen molar-refractivity contribution in [2.24, 2.45) is 5.41 Å². The third-order valence-electron chi connectivity index (χ3n) is 4.69. The monoisotopic (exact) mass is 275 g/mol. The molecule has 2 heterocycles. The molecule has 4 nitrogen and oxygen atoms in total. The molecule has 1 aliphatic carbocycles. The Kier molecular flexibility index (Phi) is 3.94. The maximum absolute atomic E-state index is 9.75.